The lowest BCUT2D eigenvalue weighted by Gasteiger charge is -2.31. The maximum absolute atomic E-state index is 13.1. The summed E-state index contributed by atoms with van der Waals surface area (Å²) in [6, 6.07) is 14.9. The number of carbonyl (C=O) groups is 3. The number of ketones is 1. The van der Waals surface area contributed by atoms with Gasteiger partial charge in [-0.25, -0.2) is 0 Å². The van der Waals surface area contributed by atoms with E-state index in [-0.39, 0.29) is 29.4 Å². The maximum atomic E-state index is 13.1. The Bertz CT molecular complexity index is 969. The summed E-state index contributed by atoms with van der Waals surface area (Å²) in [5.41, 5.74) is 3.14. The highest BCUT2D eigenvalue weighted by Gasteiger charge is 2.28. The lowest BCUT2D eigenvalue weighted by Crippen LogP contribution is -2.40. The molecule has 0 unspecified atom stereocenters. The number of hydrogen-bond donors (Lipinski definition) is 1. The third-order valence-corrected chi connectivity index (χ3v) is 6.84. The molecule has 1 aliphatic heterocycles. The molecular formula is C27H32N2O3. The van der Waals surface area contributed by atoms with Crippen molar-refractivity contribution in [2.75, 3.05) is 18.4 Å². The van der Waals surface area contributed by atoms with Crippen molar-refractivity contribution in [3.8, 4) is 0 Å². The number of rotatable bonds is 5. The van der Waals surface area contributed by atoms with Crippen LogP contribution in [0.2, 0.25) is 0 Å². The van der Waals surface area contributed by atoms with Crippen LogP contribution in [0.25, 0.3) is 0 Å². The largest absolute Gasteiger partial charge is 0.339 e. The second-order valence-electron chi connectivity index (χ2n) is 9.20. The van der Waals surface area contributed by atoms with E-state index in [0.717, 1.165) is 36.8 Å². The molecule has 168 valence electrons. The lowest BCUT2D eigenvalue weighted by molar-refractivity contribution is -0.120. The molecule has 0 atom stereocenters. The van der Waals surface area contributed by atoms with Crippen LogP contribution in [0.4, 0.5) is 5.69 Å². The highest BCUT2D eigenvalue weighted by atomic mass is 16.2. The summed E-state index contributed by atoms with van der Waals surface area (Å²) in [7, 11) is 0. The lowest BCUT2D eigenvalue weighted by atomic mass is 9.88. The Balaban J connectivity index is 1.34. The smallest absolute Gasteiger partial charge is 0.253 e. The van der Waals surface area contributed by atoms with Gasteiger partial charge in [0.05, 0.1) is 0 Å². The van der Waals surface area contributed by atoms with E-state index in [1.54, 1.807) is 12.1 Å². The molecule has 32 heavy (non-hydrogen) atoms. The molecule has 0 radical (unpaired) electrons. The summed E-state index contributed by atoms with van der Waals surface area (Å²) in [6.07, 6.45) is 6.67. The van der Waals surface area contributed by atoms with Crippen LogP contribution in [0, 0.1) is 18.8 Å². The molecule has 5 heteroatoms. The van der Waals surface area contributed by atoms with Gasteiger partial charge in [0, 0.05) is 41.7 Å². The molecular weight excluding hydrogens is 400 g/mol. The Morgan fingerprint density at radius 2 is 1.50 bits per heavy atom. The Morgan fingerprint density at radius 1 is 0.812 bits per heavy atom. The Kier molecular flexibility index (Phi) is 7.03. The Hall–Kier alpha value is -2.95. The Labute approximate surface area is 190 Å². The van der Waals surface area contributed by atoms with E-state index >= 15 is 0 Å². The zero-order chi connectivity index (χ0) is 22.5. The van der Waals surface area contributed by atoms with Crippen LogP contribution in [0.1, 0.15) is 71.2 Å². The van der Waals surface area contributed by atoms with Gasteiger partial charge in [0.1, 0.15) is 0 Å². The fourth-order valence-electron chi connectivity index (χ4n) is 4.82. The number of piperidine rings is 1. The topological polar surface area (TPSA) is 66.5 Å². The third-order valence-electron chi connectivity index (χ3n) is 6.84. The van der Waals surface area contributed by atoms with Gasteiger partial charge < -0.3 is 10.2 Å². The average Bonchev–Trinajstić information content (AvgIpc) is 2.84. The second kappa shape index (κ2) is 10.1. The van der Waals surface area contributed by atoms with Crippen LogP contribution in [-0.2, 0) is 4.79 Å². The van der Waals surface area contributed by atoms with E-state index in [9.17, 15) is 14.4 Å². The number of amides is 2. The van der Waals surface area contributed by atoms with Crippen LogP contribution in [0.15, 0.2) is 48.5 Å². The first kappa shape index (κ1) is 22.3. The minimum atomic E-state index is -0.0417. The summed E-state index contributed by atoms with van der Waals surface area (Å²) in [6.45, 7) is 3.15. The van der Waals surface area contributed by atoms with E-state index in [1.807, 2.05) is 48.2 Å². The van der Waals surface area contributed by atoms with Gasteiger partial charge in [0.25, 0.3) is 5.91 Å². The minimum absolute atomic E-state index is 0.0390. The fourth-order valence-corrected chi connectivity index (χ4v) is 4.82. The number of anilines is 1. The molecule has 1 saturated carbocycles. The monoisotopic (exact) mass is 432 g/mol. The van der Waals surface area contributed by atoms with Gasteiger partial charge >= 0.3 is 0 Å². The van der Waals surface area contributed by atoms with Gasteiger partial charge in [-0.2, -0.15) is 0 Å². The van der Waals surface area contributed by atoms with Crippen LogP contribution < -0.4 is 5.32 Å². The molecule has 2 fully saturated rings. The first-order valence-corrected chi connectivity index (χ1v) is 11.8. The molecule has 5 nitrogen and oxygen atoms in total. The highest BCUT2D eigenvalue weighted by Crippen LogP contribution is 2.26. The zero-order valence-corrected chi connectivity index (χ0v) is 18.8. The molecule has 2 aromatic rings. The highest BCUT2D eigenvalue weighted by molar-refractivity contribution is 5.99. The molecule has 2 amide bonds. The molecule has 1 N–H and O–H groups in total. The molecule has 4 rings (SSSR count). The van der Waals surface area contributed by atoms with Crippen LogP contribution in [0.3, 0.4) is 0 Å². The van der Waals surface area contributed by atoms with Gasteiger partial charge in [-0.15, -0.1) is 0 Å². The number of Topliss-reactive ketones (excluding diaryl/α,β-unsaturated/α-hetero) is 1. The van der Waals surface area contributed by atoms with E-state index in [2.05, 4.69) is 5.32 Å². The van der Waals surface area contributed by atoms with E-state index in [4.69, 9.17) is 0 Å². The van der Waals surface area contributed by atoms with E-state index in [1.165, 1.54) is 6.42 Å². The predicted molar refractivity (Wildman–Crippen MR) is 126 cm³/mol. The molecule has 0 bridgehead atoms. The van der Waals surface area contributed by atoms with Crippen molar-refractivity contribution in [1.82, 2.24) is 4.90 Å². The van der Waals surface area contributed by atoms with Crippen molar-refractivity contribution in [3.63, 3.8) is 0 Å². The summed E-state index contributed by atoms with van der Waals surface area (Å²) < 4.78 is 0. The predicted octanol–water partition coefficient (Wildman–Crippen LogP) is 5.25. The summed E-state index contributed by atoms with van der Waals surface area (Å²) in [4.78, 5) is 40.2. The first-order chi connectivity index (χ1) is 15.5. The number of carbonyl (C=O) groups excluding carboxylic acids is 3. The van der Waals surface area contributed by atoms with Crippen molar-refractivity contribution in [2.24, 2.45) is 11.8 Å². The van der Waals surface area contributed by atoms with Crippen molar-refractivity contribution < 1.29 is 14.4 Å². The molecule has 0 spiro atoms. The number of benzene rings is 2. The van der Waals surface area contributed by atoms with Crippen LogP contribution in [-0.4, -0.2) is 35.6 Å². The van der Waals surface area contributed by atoms with Crippen LogP contribution >= 0.6 is 0 Å². The van der Waals surface area contributed by atoms with Crippen molar-refractivity contribution in [3.05, 3.63) is 65.2 Å². The summed E-state index contributed by atoms with van der Waals surface area (Å²) in [5.74, 6) is 0.227. The van der Waals surface area contributed by atoms with Crippen molar-refractivity contribution in [2.45, 2.75) is 51.9 Å². The molecule has 1 aliphatic carbocycles. The minimum Gasteiger partial charge on any atom is -0.339 e. The molecule has 2 aliphatic rings. The third kappa shape index (κ3) is 5.26. The fraction of sp³-hybridized carbons (Fsp3) is 0.444. The van der Waals surface area contributed by atoms with Gasteiger partial charge in [-0.3, -0.25) is 14.4 Å². The molecule has 1 saturated heterocycles. The molecule has 0 aromatic heterocycles. The second-order valence-corrected chi connectivity index (χ2v) is 9.20. The van der Waals surface area contributed by atoms with Crippen molar-refractivity contribution in [1.29, 1.82) is 0 Å². The van der Waals surface area contributed by atoms with Crippen molar-refractivity contribution >= 4 is 23.3 Å². The number of hydrogen-bond acceptors (Lipinski definition) is 3. The van der Waals surface area contributed by atoms with Gasteiger partial charge in [-0.1, -0.05) is 55.2 Å². The Morgan fingerprint density at radius 3 is 2.19 bits per heavy atom. The standard InChI is InChI=1S/C27H32N2O3/c1-19-10-12-20(13-11-19)25(30)21-14-16-29(17-15-21)27(32)23-8-5-9-24(18-23)28-26(31)22-6-3-2-4-7-22/h5,8-13,18,21-22H,2-4,6-7,14-17H2,1H3,(H,28,31). The van der Waals surface area contributed by atoms with E-state index in [0.29, 0.717) is 37.2 Å². The summed E-state index contributed by atoms with van der Waals surface area (Å²) >= 11 is 0. The van der Waals surface area contributed by atoms with Gasteiger partial charge in [-0.05, 0) is 50.8 Å². The average molecular weight is 433 g/mol. The molecule has 1 heterocycles. The normalized spacial score (nSPS) is 17.7. The number of nitrogens with zero attached hydrogens (tertiary/aromatic N) is 1. The summed E-state index contributed by atoms with van der Waals surface area (Å²) in [5, 5.41) is 3.00. The maximum Gasteiger partial charge on any atom is 0.253 e. The first-order valence-electron chi connectivity index (χ1n) is 11.8. The van der Waals surface area contributed by atoms with Gasteiger partial charge in [0.2, 0.25) is 5.91 Å². The quantitative estimate of drug-likeness (QED) is 0.656. The van der Waals surface area contributed by atoms with Gasteiger partial charge in [0.15, 0.2) is 5.78 Å². The number of nitrogens with one attached hydrogen (secondary N) is 1. The zero-order valence-electron chi connectivity index (χ0n) is 18.8. The molecule has 2 aromatic carbocycles. The SMILES string of the molecule is Cc1ccc(C(=O)C2CCN(C(=O)c3cccc(NC(=O)C4CCCCC4)c3)CC2)cc1. The number of aryl methyl sites for hydroxylation is 1. The van der Waals surface area contributed by atoms with E-state index < -0.39 is 0 Å². The van der Waals surface area contributed by atoms with Crippen LogP contribution in [0.5, 0.6) is 0 Å². The number of likely N-dealkylation sites (tertiary alicyclic amines) is 1.